The third kappa shape index (κ3) is 4.17. The summed E-state index contributed by atoms with van der Waals surface area (Å²) in [4.78, 5) is 14.0. The number of hydrogen-bond donors (Lipinski definition) is 2. The fourth-order valence-corrected chi connectivity index (χ4v) is 3.20. The van der Waals surface area contributed by atoms with Crippen molar-refractivity contribution >= 4 is 6.03 Å². The normalized spacial score (nSPS) is 16.7. The molecule has 1 saturated heterocycles. The van der Waals surface area contributed by atoms with Crippen LogP contribution < -0.4 is 5.32 Å². The molecule has 0 saturated carbocycles. The summed E-state index contributed by atoms with van der Waals surface area (Å²) < 4.78 is 14.7. The molecule has 1 aromatic carbocycles. The predicted octanol–water partition coefficient (Wildman–Crippen LogP) is 2.21. The highest BCUT2D eigenvalue weighted by Crippen LogP contribution is 2.30. The van der Waals surface area contributed by atoms with E-state index >= 15 is 0 Å². The van der Waals surface area contributed by atoms with E-state index in [1.165, 1.54) is 12.1 Å². The smallest absolute Gasteiger partial charge is 0.317 e. The molecule has 1 atom stereocenters. The molecule has 3 rings (SSSR count). The van der Waals surface area contributed by atoms with Crippen molar-refractivity contribution in [2.24, 2.45) is 13.0 Å². The minimum absolute atomic E-state index is 0.0755. The molecule has 1 fully saturated rings. The number of amides is 2. The van der Waals surface area contributed by atoms with Crippen molar-refractivity contribution in [2.45, 2.75) is 25.5 Å². The van der Waals surface area contributed by atoms with Gasteiger partial charge in [-0.3, -0.25) is 4.68 Å². The van der Waals surface area contributed by atoms with Gasteiger partial charge in [-0.1, -0.05) is 12.1 Å². The van der Waals surface area contributed by atoms with Crippen LogP contribution in [-0.4, -0.2) is 38.9 Å². The molecule has 1 aromatic heterocycles. The lowest BCUT2D eigenvalue weighted by molar-refractivity contribution is 0.0664. The Hall–Kier alpha value is -2.41. The van der Waals surface area contributed by atoms with Gasteiger partial charge in [0, 0.05) is 26.3 Å². The van der Waals surface area contributed by atoms with Gasteiger partial charge in [0.05, 0.1) is 18.3 Å². The molecule has 0 bridgehead atoms. The Bertz CT molecular complexity index is 708. The Kier molecular flexibility index (Phi) is 5.33. The maximum atomic E-state index is 13.0. The van der Waals surface area contributed by atoms with Crippen molar-refractivity contribution < 1.29 is 14.3 Å². The maximum Gasteiger partial charge on any atom is 0.317 e. The standard InChI is InChI=1S/C18H23FN4O2/c1-22-16(6-9-21-22)12-20-18(25)23-10-7-14(8-11-23)17(24)13-2-4-15(19)5-3-13/h2-6,9,14,17,24H,7-8,10-12H2,1H3,(H,20,25). The van der Waals surface area contributed by atoms with Crippen molar-refractivity contribution in [1.29, 1.82) is 0 Å². The van der Waals surface area contributed by atoms with Crippen LogP contribution in [0.2, 0.25) is 0 Å². The minimum Gasteiger partial charge on any atom is -0.388 e. The van der Waals surface area contributed by atoms with Crippen LogP contribution >= 0.6 is 0 Å². The van der Waals surface area contributed by atoms with E-state index in [-0.39, 0.29) is 17.8 Å². The summed E-state index contributed by atoms with van der Waals surface area (Å²) in [6.07, 6.45) is 2.51. The first-order valence-electron chi connectivity index (χ1n) is 8.48. The SMILES string of the molecule is Cn1nccc1CNC(=O)N1CCC(C(O)c2ccc(F)cc2)CC1. The molecule has 2 N–H and O–H groups in total. The second-order valence-electron chi connectivity index (χ2n) is 6.43. The molecule has 0 aliphatic carbocycles. The Morgan fingerprint density at radius 1 is 1.32 bits per heavy atom. The van der Waals surface area contributed by atoms with Crippen LogP contribution in [0.1, 0.15) is 30.2 Å². The van der Waals surface area contributed by atoms with Crippen molar-refractivity contribution in [2.75, 3.05) is 13.1 Å². The average Bonchev–Trinajstić information content (AvgIpc) is 3.05. The number of piperidine rings is 1. The van der Waals surface area contributed by atoms with E-state index in [9.17, 15) is 14.3 Å². The molecule has 1 aliphatic heterocycles. The van der Waals surface area contributed by atoms with Crippen molar-refractivity contribution in [3.05, 3.63) is 53.6 Å². The van der Waals surface area contributed by atoms with Crippen LogP contribution in [-0.2, 0) is 13.6 Å². The van der Waals surface area contributed by atoms with E-state index in [0.29, 0.717) is 19.6 Å². The molecule has 0 radical (unpaired) electrons. The lowest BCUT2D eigenvalue weighted by Crippen LogP contribution is -2.45. The van der Waals surface area contributed by atoms with Gasteiger partial charge in [-0.25, -0.2) is 9.18 Å². The first kappa shape index (κ1) is 17.4. The van der Waals surface area contributed by atoms with Crippen LogP contribution in [0.25, 0.3) is 0 Å². The number of hydrogen-bond acceptors (Lipinski definition) is 3. The number of benzene rings is 1. The summed E-state index contributed by atoms with van der Waals surface area (Å²) in [7, 11) is 1.84. The third-order valence-corrected chi connectivity index (χ3v) is 4.83. The van der Waals surface area contributed by atoms with Crippen molar-refractivity contribution in [1.82, 2.24) is 20.0 Å². The first-order chi connectivity index (χ1) is 12.0. The van der Waals surface area contributed by atoms with Gasteiger partial charge in [0.25, 0.3) is 0 Å². The second-order valence-corrected chi connectivity index (χ2v) is 6.43. The van der Waals surface area contributed by atoms with Gasteiger partial charge in [-0.05, 0) is 42.5 Å². The summed E-state index contributed by atoms with van der Waals surface area (Å²) in [5.41, 5.74) is 1.66. The number of nitrogens with zero attached hydrogens (tertiary/aromatic N) is 3. The lowest BCUT2D eigenvalue weighted by atomic mass is 9.87. The van der Waals surface area contributed by atoms with Crippen LogP contribution in [0.3, 0.4) is 0 Å². The number of carbonyl (C=O) groups is 1. The van der Waals surface area contributed by atoms with E-state index in [1.807, 2.05) is 13.1 Å². The molecule has 7 heteroatoms. The molecule has 2 heterocycles. The van der Waals surface area contributed by atoms with Gasteiger partial charge in [-0.15, -0.1) is 0 Å². The molecule has 134 valence electrons. The number of urea groups is 1. The number of aryl methyl sites for hydroxylation is 1. The Balaban J connectivity index is 1.48. The lowest BCUT2D eigenvalue weighted by Gasteiger charge is -2.34. The van der Waals surface area contributed by atoms with Gasteiger partial charge >= 0.3 is 6.03 Å². The molecule has 2 aromatic rings. The number of halogens is 1. The fourth-order valence-electron chi connectivity index (χ4n) is 3.20. The molecular weight excluding hydrogens is 323 g/mol. The molecule has 25 heavy (non-hydrogen) atoms. The summed E-state index contributed by atoms with van der Waals surface area (Å²) in [5, 5.41) is 17.4. The molecule has 0 spiro atoms. The molecule has 1 unspecified atom stereocenters. The monoisotopic (exact) mass is 346 g/mol. The van der Waals surface area contributed by atoms with E-state index in [1.54, 1.807) is 27.9 Å². The minimum atomic E-state index is -0.625. The van der Waals surface area contributed by atoms with Gasteiger partial charge in [0.2, 0.25) is 0 Å². The Morgan fingerprint density at radius 3 is 2.60 bits per heavy atom. The van der Waals surface area contributed by atoms with Crippen LogP contribution in [0.15, 0.2) is 36.5 Å². The topological polar surface area (TPSA) is 70.4 Å². The Morgan fingerprint density at radius 2 is 2.00 bits per heavy atom. The zero-order chi connectivity index (χ0) is 17.8. The summed E-state index contributed by atoms with van der Waals surface area (Å²) >= 11 is 0. The largest absolute Gasteiger partial charge is 0.388 e. The zero-order valence-electron chi connectivity index (χ0n) is 14.2. The second kappa shape index (κ2) is 7.65. The van der Waals surface area contributed by atoms with Gasteiger partial charge in [0.15, 0.2) is 0 Å². The quantitative estimate of drug-likeness (QED) is 0.892. The highest BCUT2D eigenvalue weighted by molar-refractivity contribution is 5.74. The fraction of sp³-hybridized carbons (Fsp3) is 0.444. The van der Waals surface area contributed by atoms with Crippen LogP contribution in [0, 0.1) is 11.7 Å². The zero-order valence-corrected chi connectivity index (χ0v) is 14.2. The predicted molar refractivity (Wildman–Crippen MR) is 91.1 cm³/mol. The number of rotatable bonds is 4. The molecular formula is C18H23FN4O2. The molecule has 2 amide bonds. The van der Waals surface area contributed by atoms with E-state index < -0.39 is 6.10 Å². The third-order valence-electron chi connectivity index (χ3n) is 4.83. The number of nitrogens with one attached hydrogen (secondary N) is 1. The van der Waals surface area contributed by atoms with Crippen molar-refractivity contribution in [3.63, 3.8) is 0 Å². The van der Waals surface area contributed by atoms with Gasteiger partial charge in [0.1, 0.15) is 5.82 Å². The number of aliphatic hydroxyl groups excluding tert-OH is 1. The van der Waals surface area contributed by atoms with E-state index in [0.717, 1.165) is 24.1 Å². The van der Waals surface area contributed by atoms with E-state index in [4.69, 9.17) is 0 Å². The highest BCUT2D eigenvalue weighted by atomic mass is 19.1. The van der Waals surface area contributed by atoms with E-state index in [2.05, 4.69) is 10.4 Å². The number of likely N-dealkylation sites (tertiary alicyclic amines) is 1. The maximum absolute atomic E-state index is 13.0. The van der Waals surface area contributed by atoms with Gasteiger partial charge in [-0.2, -0.15) is 5.10 Å². The summed E-state index contributed by atoms with van der Waals surface area (Å²) in [6.45, 7) is 1.63. The molecule has 6 nitrogen and oxygen atoms in total. The first-order valence-corrected chi connectivity index (χ1v) is 8.48. The average molecular weight is 346 g/mol. The van der Waals surface area contributed by atoms with Crippen LogP contribution in [0.4, 0.5) is 9.18 Å². The summed E-state index contributed by atoms with van der Waals surface area (Å²) in [6, 6.07) is 7.72. The Labute approximate surface area is 146 Å². The number of aromatic nitrogens is 2. The summed E-state index contributed by atoms with van der Waals surface area (Å²) in [5.74, 6) is -0.234. The molecule has 1 aliphatic rings. The number of carbonyl (C=O) groups excluding carboxylic acids is 1. The van der Waals surface area contributed by atoms with Crippen LogP contribution in [0.5, 0.6) is 0 Å². The van der Waals surface area contributed by atoms with Gasteiger partial charge < -0.3 is 15.3 Å². The number of aliphatic hydroxyl groups is 1. The van der Waals surface area contributed by atoms with Crippen molar-refractivity contribution in [3.8, 4) is 0 Å². The highest BCUT2D eigenvalue weighted by Gasteiger charge is 2.28.